The van der Waals surface area contributed by atoms with Crippen molar-refractivity contribution in [1.82, 2.24) is 30.1 Å². The molecule has 0 radical (unpaired) electrons. The lowest BCUT2D eigenvalue weighted by Gasteiger charge is -2.06. The highest BCUT2D eigenvalue weighted by Gasteiger charge is 2.20. The van der Waals surface area contributed by atoms with Crippen LogP contribution < -0.4 is 10.6 Å². The quantitative estimate of drug-likeness (QED) is 0.429. The minimum atomic E-state index is -0.564. The molecule has 0 aliphatic rings. The Morgan fingerprint density at radius 3 is 2.81 bits per heavy atom. The highest BCUT2D eigenvalue weighted by Crippen LogP contribution is 2.28. The van der Waals surface area contributed by atoms with Gasteiger partial charge in [0.1, 0.15) is 16.9 Å². The van der Waals surface area contributed by atoms with Crippen LogP contribution in [-0.2, 0) is 0 Å². The number of imidazole rings is 1. The molecule has 32 heavy (non-hydrogen) atoms. The van der Waals surface area contributed by atoms with Gasteiger partial charge in [0.15, 0.2) is 11.7 Å². The molecule has 8 nitrogen and oxygen atoms in total. The van der Waals surface area contributed by atoms with Crippen LogP contribution in [-0.4, -0.2) is 42.9 Å². The predicted molar refractivity (Wildman–Crippen MR) is 120 cm³/mol. The van der Waals surface area contributed by atoms with Crippen LogP contribution in [0.15, 0.2) is 58.9 Å². The number of hydrogen-bond donors (Lipinski definition) is 2. The van der Waals surface area contributed by atoms with Gasteiger partial charge in [0.05, 0.1) is 34.8 Å². The molecule has 0 aromatic carbocycles. The van der Waals surface area contributed by atoms with Crippen LogP contribution in [0.25, 0.3) is 46.1 Å². The van der Waals surface area contributed by atoms with Crippen molar-refractivity contribution in [2.75, 3.05) is 7.05 Å². The van der Waals surface area contributed by atoms with E-state index in [0.717, 1.165) is 16.7 Å². The van der Waals surface area contributed by atoms with E-state index in [1.54, 1.807) is 43.4 Å². The van der Waals surface area contributed by atoms with Crippen molar-refractivity contribution in [3.05, 3.63) is 71.1 Å². The van der Waals surface area contributed by atoms with Crippen LogP contribution in [0.2, 0.25) is 0 Å². The van der Waals surface area contributed by atoms with Crippen molar-refractivity contribution in [3.63, 3.8) is 0 Å². The minimum Gasteiger partial charge on any atom is -0.472 e. The highest BCUT2D eigenvalue weighted by molar-refractivity contribution is 6.25. The van der Waals surface area contributed by atoms with Crippen molar-refractivity contribution in [3.8, 4) is 22.6 Å². The Morgan fingerprint density at radius 1 is 1.19 bits per heavy atom. The first kappa shape index (κ1) is 19.6. The molecule has 0 aliphatic carbocycles. The SMILES string of the molecule is C=c1[nH]nc(-c2nc3c(-c4ccoc4)cncc3[nH]2)/c1=C(\F)C(=NC)c1cnccc1C. The molecule has 0 amide bonds. The highest BCUT2D eigenvalue weighted by atomic mass is 19.1. The topological polar surface area (TPSA) is 109 Å². The van der Waals surface area contributed by atoms with E-state index in [9.17, 15) is 0 Å². The Hall–Kier alpha value is -4.40. The summed E-state index contributed by atoms with van der Waals surface area (Å²) in [5, 5.41) is 7.54. The molecule has 0 aliphatic heterocycles. The lowest BCUT2D eigenvalue weighted by Crippen LogP contribution is -2.27. The summed E-state index contributed by atoms with van der Waals surface area (Å²) in [4.78, 5) is 20.4. The van der Waals surface area contributed by atoms with Crippen LogP contribution in [0.1, 0.15) is 11.1 Å². The molecule has 5 heterocycles. The monoisotopic (exact) mass is 427 g/mol. The van der Waals surface area contributed by atoms with E-state index in [1.807, 2.05) is 13.0 Å². The Balaban J connectivity index is 1.73. The third-order valence-corrected chi connectivity index (χ3v) is 5.24. The summed E-state index contributed by atoms with van der Waals surface area (Å²) >= 11 is 0. The number of nitrogens with one attached hydrogen (secondary N) is 2. The third-order valence-electron chi connectivity index (χ3n) is 5.24. The average Bonchev–Trinajstić information content (AvgIpc) is 3.54. The molecule has 0 saturated heterocycles. The van der Waals surface area contributed by atoms with Crippen molar-refractivity contribution in [1.29, 1.82) is 0 Å². The van der Waals surface area contributed by atoms with E-state index in [0.29, 0.717) is 33.5 Å². The zero-order valence-corrected chi connectivity index (χ0v) is 17.3. The van der Waals surface area contributed by atoms with Crippen LogP contribution in [0, 0.1) is 6.92 Å². The Bertz CT molecular complexity index is 1580. The molecule has 0 spiro atoms. The number of hydrogen-bond acceptors (Lipinski definition) is 6. The molecule has 0 saturated carbocycles. The normalized spacial score (nSPS) is 13.0. The van der Waals surface area contributed by atoms with Gasteiger partial charge < -0.3 is 9.40 Å². The number of rotatable bonds is 4. The van der Waals surface area contributed by atoms with E-state index in [-0.39, 0.29) is 10.9 Å². The van der Waals surface area contributed by atoms with Crippen LogP contribution in [0.3, 0.4) is 0 Å². The van der Waals surface area contributed by atoms with Gasteiger partial charge in [-0.15, -0.1) is 0 Å². The molecule has 5 aromatic rings. The number of halogens is 1. The van der Waals surface area contributed by atoms with Crippen molar-refractivity contribution >= 4 is 29.2 Å². The Labute approximate surface area is 181 Å². The third kappa shape index (κ3) is 3.11. The van der Waals surface area contributed by atoms with Crippen molar-refractivity contribution < 1.29 is 8.81 Å². The summed E-state index contributed by atoms with van der Waals surface area (Å²) in [7, 11) is 1.54. The second kappa shape index (κ2) is 7.69. The maximum Gasteiger partial charge on any atom is 0.160 e. The number of fused-ring (bicyclic) bond motifs is 1. The van der Waals surface area contributed by atoms with E-state index in [1.165, 1.54) is 7.05 Å². The van der Waals surface area contributed by atoms with Crippen molar-refractivity contribution in [2.24, 2.45) is 4.99 Å². The molecule has 0 atom stereocenters. The summed E-state index contributed by atoms with van der Waals surface area (Å²) in [5.74, 6) is -0.182. The fourth-order valence-corrected chi connectivity index (χ4v) is 3.63. The first-order valence-corrected chi connectivity index (χ1v) is 9.76. The lowest BCUT2D eigenvalue weighted by atomic mass is 10.0. The molecule has 158 valence electrons. The van der Waals surface area contributed by atoms with Gasteiger partial charge in [0.25, 0.3) is 0 Å². The maximum atomic E-state index is 15.9. The number of nitrogens with zero attached hydrogens (tertiary/aromatic N) is 5. The summed E-state index contributed by atoms with van der Waals surface area (Å²) in [6.07, 6.45) is 9.80. The van der Waals surface area contributed by atoms with Gasteiger partial charge >= 0.3 is 0 Å². The molecule has 5 rings (SSSR count). The fraction of sp³-hybridized carbons (Fsp3) is 0.0870. The molecular formula is C23H18FN7O. The summed E-state index contributed by atoms with van der Waals surface area (Å²) < 4.78 is 21.0. The molecule has 2 N–H and O–H groups in total. The summed E-state index contributed by atoms with van der Waals surface area (Å²) in [6, 6.07) is 3.63. The van der Waals surface area contributed by atoms with Crippen LogP contribution in [0.5, 0.6) is 0 Å². The minimum absolute atomic E-state index is 0.167. The summed E-state index contributed by atoms with van der Waals surface area (Å²) in [5.41, 5.74) is 4.89. The number of furan rings is 1. The zero-order valence-electron chi connectivity index (χ0n) is 17.3. The number of pyridine rings is 2. The van der Waals surface area contributed by atoms with Crippen molar-refractivity contribution in [2.45, 2.75) is 6.92 Å². The first-order chi connectivity index (χ1) is 15.6. The number of aromatic amines is 2. The zero-order chi connectivity index (χ0) is 22.2. The molecule has 5 aromatic heterocycles. The van der Waals surface area contributed by atoms with Gasteiger partial charge in [-0.05, 0) is 24.6 Å². The smallest absolute Gasteiger partial charge is 0.160 e. The second-order valence-corrected chi connectivity index (χ2v) is 7.18. The average molecular weight is 427 g/mol. The van der Waals surface area contributed by atoms with Gasteiger partial charge in [-0.25, -0.2) is 9.37 Å². The van der Waals surface area contributed by atoms with Gasteiger partial charge in [-0.2, -0.15) is 5.10 Å². The molecular weight excluding hydrogens is 409 g/mol. The van der Waals surface area contributed by atoms with Gasteiger partial charge in [0, 0.05) is 42.3 Å². The molecule has 0 fully saturated rings. The van der Waals surface area contributed by atoms with E-state index < -0.39 is 5.83 Å². The lowest BCUT2D eigenvalue weighted by molar-refractivity contribution is 0.568. The van der Waals surface area contributed by atoms with Gasteiger partial charge in [-0.3, -0.25) is 20.1 Å². The second-order valence-electron chi connectivity index (χ2n) is 7.18. The predicted octanol–water partition coefficient (Wildman–Crippen LogP) is 2.92. The summed E-state index contributed by atoms with van der Waals surface area (Å²) in [6.45, 7) is 5.79. The molecule has 9 heteroatoms. The largest absolute Gasteiger partial charge is 0.472 e. The number of aryl methyl sites for hydroxylation is 1. The number of aromatic nitrogens is 6. The first-order valence-electron chi connectivity index (χ1n) is 9.76. The Kier molecular flexibility index (Phi) is 4.70. The number of aliphatic imine (C=N–C) groups is 1. The molecule has 0 unspecified atom stereocenters. The standard InChI is InChI=1S/C23H18FN7O/c1-12-4-6-26-8-15(12)21(25-3)19(24)18-13(2)30-31-22(18)23-28-17-10-27-9-16(20(17)29-23)14-5-7-32-11-14/h4-11,30H,2H2,1,3H3,(H,28,29)/b19-18-,25-21?. The van der Waals surface area contributed by atoms with Crippen LogP contribution >= 0.6 is 0 Å². The van der Waals surface area contributed by atoms with E-state index in [2.05, 4.69) is 36.7 Å². The van der Waals surface area contributed by atoms with E-state index in [4.69, 9.17) is 9.40 Å². The van der Waals surface area contributed by atoms with Crippen LogP contribution in [0.4, 0.5) is 4.39 Å². The maximum absolute atomic E-state index is 15.9. The molecule has 0 bridgehead atoms. The van der Waals surface area contributed by atoms with Gasteiger partial charge in [0.2, 0.25) is 0 Å². The number of H-pyrrole nitrogens is 2. The Morgan fingerprint density at radius 2 is 2.06 bits per heavy atom. The van der Waals surface area contributed by atoms with Gasteiger partial charge in [-0.1, -0.05) is 6.58 Å². The van der Waals surface area contributed by atoms with E-state index >= 15 is 4.39 Å². The fourth-order valence-electron chi connectivity index (χ4n) is 3.63.